The number of halogens is 3. The maximum atomic E-state index is 10.8. The molecule has 0 aromatic rings. The van der Waals surface area contributed by atoms with Crippen molar-refractivity contribution >= 4 is 71.9 Å². The van der Waals surface area contributed by atoms with Gasteiger partial charge in [-0.15, -0.1) is 0 Å². The number of hydrogen-bond acceptors (Lipinski definition) is 2. The lowest BCUT2D eigenvalue weighted by Gasteiger charge is -2.08. The lowest BCUT2D eigenvalue weighted by molar-refractivity contribution is -0.137. The van der Waals surface area contributed by atoms with Crippen LogP contribution in [0.1, 0.15) is 70.6 Å². The fraction of sp³-hybridized carbons (Fsp3) is 0.812. The van der Waals surface area contributed by atoms with Crippen LogP contribution >= 0.6 is 65.4 Å². The van der Waals surface area contributed by atoms with Crippen LogP contribution in [0, 0.1) is 0 Å². The van der Waals surface area contributed by atoms with Crippen molar-refractivity contribution in [2.45, 2.75) is 76.7 Å². The van der Waals surface area contributed by atoms with Crippen LogP contribution in [0.3, 0.4) is 0 Å². The van der Waals surface area contributed by atoms with E-state index in [4.69, 9.17) is 4.74 Å². The Hall–Kier alpha value is 1.62. The van der Waals surface area contributed by atoms with Gasteiger partial charge in [0.1, 0.15) is 0 Å². The van der Waals surface area contributed by atoms with Crippen LogP contribution in [0.25, 0.3) is 0 Å². The summed E-state index contributed by atoms with van der Waals surface area (Å²) in [5.41, 5.74) is 0. The largest absolute Gasteiger partial charge is 0.463 e. The third kappa shape index (κ3) is 19.7. The van der Waals surface area contributed by atoms with E-state index in [0.29, 0.717) is 6.61 Å². The van der Waals surface area contributed by atoms with Gasteiger partial charge in [0.15, 0.2) is 0 Å². The molecule has 0 fully saturated rings. The number of hydrogen-bond donors (Lipinski definition) is 0. The fourth-order valence-corrected chi connectivity index (χ4v) is 6.33. The first kappa shape index (κ1) is 23.6. The lowest BCUT2D eigenvalue weighted by atomic mass is 10.1. The first-order valence-electron chi connectivity index (χ1n) is 8.31. The van der Waals surface area contributed by atoms with Crippen LogP contribution in [0.2, 0.25) is 6.04 Å². The van der Waals surface area contributed by atoms with E-state index in [0.717, 1.165) is 6.42 Å². The SMILES string of the molecule is C=CC(=O)OCCCCCCCCCCCCC[Si](I)(I)I. The zero-order valence-corrected chi connectivity index (χ0v) is 20.9. The molecule has 0 saturated carbocycles. The quantitative estimate of drug-likeness (QED) is 0.0462. The number of ether oxygens (including phenoxy) is 1. The number of rotatable bonds is 15. The first-order valence-corrected chi connectivity index (χ1v) is 19.9. The van der Waals surface area contributed by atoms with E-state index >= 15 is 0 Å². The van der Waals surface area contributed by atoms with Crippen LogP contribution in [-0.2, 0) is 9.53 Å². The molecular formula is C16H29I3O2Si. The summed E-state index contributed by atoms with van der Waals surface area (Å²) in [6.07, 6.45) is 15.8. The highest BCUT2D eigenvalue weighted by molar-refractivity contribution is 14.4. The van der Waals surface area contributed by atoms with Gasteiger partial charge in [-0.05, 0) is 12.5 Å². The average Bonchev–Trinajstić information content (AvgIpc) is 2.46. The summed E-state index contributed by atoms with van der Waals surface area (Å²) in [4.78, 5) is 10.8. The van der Waals surface area contributed by atoms with Crippen molar-refractivity contribution < 1.29 is 9.53 Å². The third-order valence-electron chi connectivity index (χ3n) is 3.52. The Labute approximate surface area is 175 Å². The molecule has 0 aliphatic rings. The molecule has 0 N–H and O–H groups in total. The lowest BCUT2D eigenvalue weighted by Crippen LogP contribution is -2.03. The Morgan fingerprint density at radius 1 is 0.818 bits per heavy atom. The van der Waals surface area contributed by atoms with Crippen molar-refractivity contribution in [2.75, 3.05) is 6.61 Å². The van der Waals surface area contributed by atoms with Crippen molar-refractivity contribution in [3.63, 3.8) is 0 Å². The van der Waals surface area contributed by atoms with E-state index in [1.54, 1.807) is 0 Å². The molecule has 0 aromatic carbocycles. The molecular weight excluding hydrogens is 633 g/mol. The van der Waals surface area contributed by atoms with Gasteiger partial charge in [0.05, 0.1) is 6.61 Å². The van der Waals surface area contributed by atoms with Gasteiger partial charge >= 0.3 is 5.97 Å². The molecule has 6 heteroatoms. The zero-order valence-electron chi connectivity index (χ0n) is 13.4. The Balaban J connectivity index is 3.09. The topological polar surface area (TPSA) is 26.3 Å². The molecule has 0 spiro atoms. The van der Waals surface area contributed by atoms with Gasteiger partial charge in [-0.25, -0.2) is 4.79 Å². The molecule has 0 unspecified atom stereocenters. The Kier molecular flexibility index (Phi) is 17.3. The zero-order chi connectivity index (χ0) is 16.7. The van der Waals surface area contributed by atoms with Gasteiger partial charge in [-0.1, -0.05) is 136 Å². The number of esters is 1. The molecule has 0 amide bonds. The van der Waals surface area contributed by atoms with Crippen LogP contribution in [0.15, 0.2) is 12.7 Å². The maximum absolute atomic E-state index is 10.8. The van der Waals surface area contributed by atoms with Gasteiger partial charge in [0.2, 0.25) is 0 Å². The third-order valence-corrected chi connectivity index (χ3v) is 9.29. The minimum absolute atomic E-state index is 0.302. The normalized spacial score (nSPS) is 11.4. The average molecular weight is 662 g/mol. The summed E-state index contributed by atoms with van der Waals surface area (Å²) in [7, 11) is 0. The van der Waals surface area contributed by atoms with Gasteiger partial charge in [-0.3, -0.25) is 0 Å². The molecule has 0 radical (unpaired) electrons. The standard InChI is InChI=1S/C16H29I3O2Si/c1-2-16(20)21-14-12-10-8-6-4-3-5-7-9-11-13-15-22(17,18)19/h2H,1,3-15H2. The Morgan fingerprint density at radius 2 is 1.23 bits per heavy atom. The molecule has 0 aromatic heterocycles. The highest BCUT2D eigenvalue weighted by Crippen LogP contribution is 2.35. The summed E-state index contributed by atoms with van der Waals surface area (Å²) in [6, 6.07) is 1.46. The molecule has 2 nitrogen and oxygen atoms in total. The van der Waals surface area contributed by atoms with Crippen molar-refractivity contribution in [3.05, 3.63) is 12.7 Å². The molecule has 0 saturated heterocycles. The molecule has 0 atom stereocenters. The van der Waals surface area contributed by atoms with E-state index in [-0.39, 0.29) is 5.97 Å². The minimum Gasteiger partial charge on any atom is -0.463 e. The minimum atomic E-state index is -0.888. The first-order chi connectivity index (χ1) is 10.5. The van der Waals surface area contributed by atoms with E-state index in [9.17, 15) is 4.79 Å². The van der Waals surface area contributed by atoms with Gasteiger partial charge in [0.25, 0.3) is 0.564 Å². The second-order valence-electron chi connectivity index (χ2n) is 5.63. The van der Waals surface area contributed by atoms with E-state index < -0.39 is 0.564 Å². The molecule has 0 rings (SSSR count). The highest BCUT2D eigenvalue weighted by atomic mass is 127. The van der Waals surface area contributed by atoms with E-state index in [1.807, 2.05) is 0 Å². The number of carbonyl (C=O) groups excluding carboxylic acids is 1. The molecule has 22 heavy (non-hydrogen) atoms. The van der Waals surface area contributed by atoms with Crippen molar-refractivity contribution in [2.24, 2.45) is 0 Å². The smallest absolute Gasteiger partial charge is 0.330 e. The predicted octanol–water partition coefficient (Wildman–Crippen LogP) is 7.25. The molecule has 130 valence electrons. The van der Waals surface area contributed by atoms with Gasteiger partial charge in [-0.2, -0.15) is 0 Å². The molecule has 0 aliphatic heterocycles. The monoisotopic (exact) mass is 662 g/mol. The van der Waals surface area contributed by atoms with Crippen molar-refractivity contribution in [1.29, 1.82) is 0 Å². The van der Waals surface area contributed by atoms with Crippen molar-refractivity contribution in [1.82, 2.24) is 0 Å². The van der Waals surface area contributed by atoms with Crippen LogP contribution in [-0.4, -0.2) is 13.1 Å². The summed E-state index contributed by atoms with van der Waals surface area (Å²) >= 11 is 7.98. The highest BCUT2D eigenvalue weighted by Gasteiger charge is 2.19. The van der Waals surface area contributed by atoms with Gasteiger partial charge < -0.3 is 4.74 Å². The molecule has 0 heterocycles. The summed E-state index contributed by atoms with van der Waals surface area (Å²) < 4.78 is 4.06. The molecule has 0 bridgehead atoms. The predicted molar refractivity (Wildman–Crippen MR) is 125 cm³/mol. The second kappa shape index (κ2) is 16.1. The Bertz CT molecular complexity index is 294. The van der Waals surface area contributed by atoms with Crippen LogP contribution < -0.4 is 0 Å². The molecule has 0 aliphatic carbocycles. The van der Waals surface area contributed by atoms with Gasteiger partial charge in [0, 0.05) is 6.08 Å². The summed E-state index contributed by atoms with van der Waals surface area (Å²) in [6.45, 7) is 3.92. The van der Waals surface area contributed by atoms with Crippen LogP contribution in [0.5, 0.6) is 0 Å². The Morgan fingerprint density at radius 3 is 1.64 bits per heavy atom. The van der Waals surface area contributed by atoms with Crippen molar-refractivity contribution in [3.8, 4) is 0 Å². The number of carbonyl (C=O) groups is 1. The maximum Gasteiger partial charge on any atom is 0.330 e. The van der Waals surface area contributed by atoms with E-state index in [1.165, 1.54) is 76.3 Å². The fourth-order valence-electron chi connectivity index (χ4n) is 2.25. The number of unbranched alkanes of at least 4 members (excludes halogenated alkanes) is 10. The van der Waals surface area contributed by atoms with E-state index in [2.05, 4.69) is 72.0 Å². The summed E-state index contributed by atoms with van der Waals surface area (Å²) in [5.74, 6) is -0.302. The van der Waals surface area contributed by atoms with Crippen LogP contribution in [0.4, 0.5) is 0 Å². The summed E-state index contributed by atoms with van der Waals surface area (Å²) in [5, 5.41) is 0. The second-order valence-corrected chi connectivity index (χ2v) is 42.5.